The summed E-state index contributed by atoms with van der Waals surface area (Å²) in [4.78, 5) is 20.3. The van der Waals surface area contributed by atoms with E-state index in [1.807, 2.05) is 37.3 Å². The first kappa shape index (κ1) is 18.7. The number of carbonyl (C=O) groups excluding carboxylic acids is 1. The van der Waals surface area contributed by atoms with Gasteiger partial charge in [-0.05, 0) is 24.6 Å². The first-order valence-corrected chi connectivity index (χ1v) is 9.26. The number of thioether (sulfide) groups is 1. The van der Waals surface area contributed by atoms with Crippen molar-refractivity contribution in [1.29, 1.82) is 0 Å². The van der Waals surface area contributed by atoms with Gasteiger partial charge in [-0.2, -0.15) is 0 Å². The van der Waals surface area contributed by atoms with Crippen LogP contribution in [0.4, 0.5) is 16.3 Å². The summed E-state index contributed by atoms with van der Waals surface area (Å²) < 4.78 is 9.54. The van der Waals surface area contributed by atoms with Crippen molar-refractivity contribution >= 4 is 29.4 Å². The van der Waals surface area contributed by atoms with Gasteiger partial charge in [-0.3, -0.25) is 0 Å². The SMILES string of the molecule is COC(=O)Oc1cccc(Nc2cc(C)nc(SCc3ccccc3)n2)c1. The number of methoxy groups -OCH3 is 1. The van der Waals surface area contributed by atoms with E-state index in [9.17, 15) is 4.79 Å². The second-order valence-corrected chi connectivity index (χ2v) is 6.60. The maximum absolute atomic E-state index is 11.2. The van der Waals surface area contributed by atoms with E-state index in [0.29, 0.717) is 16.7 Å². The van der Waals surface area contributed by atoms with Gasteiger partial charge in [0.05, 0.1) is 7.11 Å². The Morgan fingerprint density at radius 3 is 2.67 bits per heavy atom. The van der Waals surface area contributed by atoms with E-state index < -0.39 is 6.16 Å². The summed E-state index contributed by atoms with van der Waals surface area (Å²) in [5, 5.41) is 3.92. The number of aromatic nitrogens is 2. The smallest absolute Gasteiger partial charge is 0.437 e. The maximum Gasteiger partial charge on any atom is 0.513 e. The molecule has 0 atom stereocenters. The molecule has 6 nitrogen and oxygen atoms in total. The standard InChI is InChI=1S/C20H19N3O3S/c1-14-11-18(22-16-9-6-10-17(12-16)26-20(24)25-2)23-19(21-14)27-13-15-7-4-3-5-8-15/h3-12H,13H2,1-2H3,(H,21,22,23). The molecule has 0 bridgehead atoms. The number of rotatable bonds is 6. The van der Waals surface area contributed by atoms with Crippen LogP contribution in [0.3, 0.4) is 0 Å². The molecule has 0 aliphatic carbocycles. The Morgan fingerprint density at radius 1 is 1.07 bits per heavy atom. The number of nitrogens with one attached hydrogen (secondary N) is 1. The van der Waals surface area contributed by atoms with Gasteiger partial charge in [-0.25, -0.2) is 14.8 Å². The van der Waals surface area contributed by atoms with Crippen LogP contribution < -0.4 is 10.1 Å². The van der Waals surface area contributed by atoms with Crippen LogP contribution in [0, 0.1) is 6.92 Å². The van der Waals surface area contributed by atoms with Crippen LogP contribution >= 0.6 is 11.8 Å². The molecule has 3 aromatic rings. The van der Waals surface area contributed by atoms with Crippen LogP contribution in [0.2, 0.25) is 0 Å². The molecule has 1 heterocycles. The summed E-state index contributed by atoms with van der Waals surface area (Å²) >= 11 is 1.58. The molecule has 0 aliphatic rings. The van der Waals surface area contributed by atoms with E-state index in [0.717, 1.165) is 17.1 Å². The van der Waals surface area contributed by atoms with E-state index in [1.54, 1.807) is 30.0 Å². The Labute approximate surface area is 162 Å². The molecule has 0 saturated heterocycles. The minimum Gasteiger partial charge on any atom is -0.437 e. The molecular formula is C20H19N3O3S. The van der Waals surface area contributed by atoms with Gasteiger partial charge in [0.1, 0.15) is 11.6 Å². The van der Waals surface area contributed by atoms with E-state index in [2.05, 4.69) is 32.2 Å². The lowest BCUT2D eigenvalue weighted by Crippen LogP contribution is -2.07. The second-order valence-electron chi connectivity index (χ2n) is 5.66. The van der Waals surface area contributed by atoms with Gasteiger partial charge in [-0.1, -0.05) is 48.2 Å². The quantitative estimate of drug-likeness (QED) is 0.280. The van der Waals surface area contributed by atoms with Crippen molar-refractivity contribution < 1.29 is 14.3 Å². The number of ether oxygens (including phenoxy) is 2. The van der Waals surface area contributed by atoms with Crippen molar-refractivity contribution in [3.05, 3.63) is 71.9 Å². The Balaban J connectivity index is 1.71. The highest BCUT2D eigenvalue weighted by Crippen LogP contribution is 2.24. The third-order valence-electron chi connectivity index (χ3n) is 3.52. The first-order chi connectivity index (χ1) is 13.1. The number of anilines is 2. The molecule has 138 valence electrons. The molecule has 2 aromatic carbocycles. The van der Waals surface area contributed by atoms with E-state index >= 15 is 0 Å². The minimum atomic E-state index is -0.760. The van der Waals surface area contributed by atoms with Gasteiger partial charge in [0, 0.05) is 29.3 Å². The zero-order valence-corrected chi connectivity index (χ0v) is 15.8. The molecule has 3 rings (SSSR count). The first-order valence-electron chi connectivity index (χ1n) is 8.27. The monoisotopic (exact) mass is 381 g/mol. The Kier molecular flexibility index (Phi) is 6.27. The zero-order valence-electron chi connectivity index (χ0n) is 15.0. The molecule has 0 radical (unpaired) electrons. The van der Waals surface area contributed by atoms with Gasteiger partial charge in [0.15, 0.2) is 5.16 Å². The lowest BCUT2D eigenvalue weighted by atomic mass is 10.2. The lowest BCUT2D eigenvalue weighted by molar-refractivity contribution is 0.121. The molecule has 0 amide bonds. The largest absolute Gasteiger partial charge is 0.513 e. The molecular weight excluding hydrogens is 362 g/mol. The Hall–Kier alpha value is -3.06. The van der Waals surface area contributed by atoms with Gasteiger partial charge in [-0.15, -0.1) is 0 Å². The molecule has 1 aromatic heterocycles. The van der Waals surface area contributed by atoms with Crippen LogP contribution in [0.5, 0.6) is 5.75 Å². The van der Waals surface area contributed by atoms with Gasteiger partial charge in [0.25, 0.3) is 0 Å². The number of carbonyl (C=O) groups is 1. The van der Waals surface area contributed by atoms with Crippen LogP contribution in [-0.2, 0) is 10.5 Å². The normalized spacial score (nSPS) is 10.3. The molecule has 1 N–H and O–H groups in total. The van der Waals surface area contributed by atoms with Crippen molar-refractivity contribution in [1.82, 2.24) is 9.97 Å². The molecule has 0 fully saturated rings. The minimum absolute atomic E-state index is 0.385. The van der Waals surface area contributed by atoms with Gasteiger partial charge >= 0.3 is 6.16 Å². The predicted octanol–water partition coefficient (Wildman–Crippen LogP) is 4.97. The van der Waals surface area contributed by atoms with E-state index in [1.165, 1.54) is 12.7 Å². The number of aryl methyl sites for hydroxylation is 1. The number of hydrogen-bond acceptors (Lipinski definition) is 7. The summed E-state index contributed by atoms with van der Waals surface area (Å²) in [6, 6.07) is 19.1. The van der Waals surface area contributed by atoms with Gasteiger partial charge < -0.3 is 14.8 Å². The van der Waals surface area contributed by atoms with Crippen molar-refractivity contribution in [3.63, 3.8) is 0 Å². The third kappa shape index (κ3) is 5.72. The molecule has 0 unspecified atom stereocenters. The number of hydrogen-bond donors (Lipinski definition) is 1. The highest BCUT2D eigenvalue weighted by molar-refractivity contribution is 7.98. The summed E-state index contributed by atoms with van der Waals surface area (Å²) in [6.45, 7) is 1.93. The fourth-order valence-electron chi connectivity index (χ4n) is 2.32. The average molecular weight is 381 g/mol. The highest BCUT2D eigenvalue weighted by atomic mass is 32.2. The van der Waals surface area contributed by atoms with Gasteiger partial charge in [0.2, 0.25) is 0 Å². The second kappa shape index (κ2) is 9.05. The number of benzene rings is 2. The maximum atomic E-state index is 11.2. The van der Waals surface area contributed by atoms with Crippen molar-refractivity contribution in [2.75, 3.05) is 12.4 Å². The molecule has 0 aliphatic heterocycles. The fraction of sp³-hybridized carbons (Fsp3) is 0.150. The highest BCUT2D eigenvalue weighted by Gasteiger charge is 2.07. The Bertz CT molecular complexity index is 919. The number of nitrogens with zero attached hydrogens (tertiary/aromatic N) is 2. The molecule has 0 spiro atoms. The summed E-state index contributed by atoms with van der Waals surface area (Å²) in [6.07, 6.45) is -0.760. The van der Waals surface area contributed by atoms with Crippen LogP contribution in [0.1, 0.15) is 11.3 Å². The Morgan fingerprint density at radius 2 is 1.89 bits per heavy atom. The van der Waals surface area contributed by atoms with Crippen LogP contribution in [-0.4, -0.2) is 23.2 Å². The molecule has 27 heavy (non-hydrogen) atoms. The third-order valence-corrected chi connectivity index (χ3v) is 4.44. The molecule has 0 saturated carbocycles. The van der Waals surface area contributed by atoms with Crippen LogP contribution in [0.15, 0.2) is 65.8 Å². The van der Waals surface area contributed by atoms with Crippen molar-refractivity contribution in [2.45, 2.75) is 17.8 Å². The fourth-order valence-corrected chi connectivity index (χ4v) is 3.17. The summed E-state index contributed by atoms with van der Waals surface area (Å²) in [5.41, 5.74) is 2.83. The molecule has 7 heteroatoms. The van der Waals surface area contributed by atoms with Crippen molar-refractivity contribution in [2.24, 2.45) is 0 Å². The summed E-state index contributed by atoms with van der Waals surface area (Å²) in [7, 11) is 1.27. The zero-order chi connectivity index (χ0) is 19.1. The van der Waals surface area contributed by atoms with Crippen LogP contribution in [0.25, 0.3) is 0 Å². The summed E-state index contributed by atoms with van der Waals surface area (Å²) in [5.74, 6) is 1.86. The lowest BCUT2D eigenvalue weighted by Gasteiger charge is -2.10. The van der Waals surface area contributed by atoms with E-state index in [4.69, 9.17) is 4.74 Å². The topological polar surface area (TPSA) is 73.3 Å². The average Bonchev–Trinajstić information content (AvgIpc) is 2.67. The predicted molar refractivity (Wildman–Crippen MR) is 106 cm³/mol. The van der Waals surface area contributed by atoms with E-state index in [-0.39, 0.29) is 0 Å². The van der Waals surface area contributed by atoms with Crippen molar-refractivity contribution in [3.8, 4) is 5.75 Å².